The molecule has 23 heavy (non-hydrogen) atoms. The van der Waals surface area contributed by atoms with Crippen LogP contribution < -0.4 is 5.32 Å². The minimum absolute atomic E-state index is 0.154. The number of benzene rings is 1. The highest BCUT2D eigenvalue weighted by molar-refractivity contribution is 5.92. The Bertz CT molecular complexity index is 712. The highest BCUT2D eigenvalue weighted by atomic mass is 16.5. The van der Waals surface area contributed by atoms with E-state index >= 15 is 0 Å². The van der Waals surface area contributed by atoms with E-state index in [1.165, 1.54) is 6.07 Å². The maximum absolute atomic E-state index is 12.3. The maximum atomic E-state index is 12.3. The molecule has 1 aliphatic rings. The molecule has 0 unspecified atom stereocenters. The lowest BCUT2D eigenvalue weighted by Crippen LogP contribution is -2.45. The van der Waals surface area contributed by atoms with Crippen LogP contribution in [-0.4, -0.2) is 39.5 Å². The summed E-state index contributed by atoms with van der Waals surface area (Å²) in [7, 11) is 0. The fraction of sp³-hybridized carbons (Fsp3) is 0.412. The molecule has 0 radical (unpaired) electrons. The molecule has 1 fully saturated rings. The molecule has 1 amide bonds. The van der Waals surface area contributed by atoms with Crippen LogP contribution in [-0.2, 0) is 0 Å². The molecule has 1 heterocycles. The van der Waals surface area contributed by atoms with Crippen LogP contribution in [0.3, 0.4) is 0 Å². The van der Waals surface area contributed by atoms with Crippen LogP contribution in [0.4, 0.5) is 0 Å². The topological polar surface area (TPSA) is 95.6 Å². The predicted molar refractivity (Wildman–Crippen MR) is 83.0 cm³/mol. The molecule has 1 saturated carbocycles. The van der Waals surface area contributed by atoms with E-state index in [0.717, 1.165) is 11.1 Å². The van der Waals surface area contributed by atoms with Gasteiger partial charge in [0.2, 0.25) is 0 Å². The van der Waals surface area contributed by atoms with E-state index in [4.69, 9.17) is 4.52 Å². The molecule has 1 aliphatic carbocycles. The highest BCUT2D eigenvalue weighted by Crippen LogP contribution is 2.36. The van der Waals surface area contributed by atoms with Crippen molar-refractivity contribution in [3.8, 4) is 0 Å². The Morgan fingerprint density at radius 2 is 2.04 bits per heavy atom. The third kappa shape index (κ3) is 3.00. The molecule has 4 atom stereocenters. The molecular formula is C17H20N2O4. The van der Waals surface area contributed by atoms with Crippen molar-refractivity contribution in [3.05, 3.63) is 52.9 Å². The lowest BCUT2D eigenvalue weighted by molar-refractivity contribution is 0.0293. The van der Waals surface area contributed by atoms with E-state index < -0.39 is 24.2 Å². The van der Waals surface area contributed by atoms with E-state index in [1.807, 2.05) is 31.2 Å². The van der Waals surface area contributed by atoms with Gasteiger partial charge in [0.15, 0.2) is 5.69 Å². The Hall–Kier alpha value is -2.18. The van der Waals surface area contributed by atoms with Gasteiger partial charge in [-0.15, -0.1) is 0 Å². The second-order valence-electron chi connectivity index (χ2n) is 6.08. The zero-order valence-electron chi connectivity index (χ0n) is 13.1. The lowest BCUT2D eigenvalue weighted by atomic mass is 9.90. The predicted octanol–water partition coefficient (Wildman–Crippen LogP) is 1.30. The van der Waals surface area contributed by atoms with Crippen molar-refractivity contribution in [1.82, 2.24) is 10.5 Å². The van der Waals surface area contributed by atoms with Gasteiger partial charge in [-0.2, -0.15) is 0 Å². The van der Waals surface area contributed by atoms with Crippen molar-refractivity contribution in [1.29, 1.82) is 0 Å². The van der Waals surface area contributed by atoms with Crippen molar-refractivity contribution in [2.24, 2.45) is 0 Å². The van der Waals surface area contributed by atoms with Crippen molar-refractivity contribution in [3.63, 3.8) is 0 Å². The Morgan fingerprint density at radius 1 is 1.30 bits per heavy atom. The van der Waals surface area contributed by atoms with Crippen LogP contribution in [0.25, 0.3) is 0 Å². The Balaban J connectivity index is 1.85. The fourth-order valence-electron chi connectivity index (χ4n) is 3.23. The maximum Gasteiger partial charge on any atom is 0.273 e. The van der Waals surface area contributed by atoms with Crippen LogP contribution in [0.5, 0.6) is 0 Å². The Morgan fingerprint density at radius 3 is 2.70 bits per heavy atom. The van der Waals surface area contributed by atoms with E-state index in [-0.39, 0.29) is 11.6 Å². The van der Waals surface area contributed by atoms with Crippen molar-refractivity contribution in [2.75, 3.05) is 0 Å². The molecule has 6 heteroatoms. The monoisotopic (exact) mass is 316 g/mol. The summed E-state index contributed by atoms with van der Waals surface area (Å²) in [5.74, 6) is -0.0330. The van der Waals surface area contributed by atoms with Gasteiger partial charge in [0.25, 0.3) is 5.91 Å². The minimum atomic E-state index is -1.02. The number of hydrogen-bond donors (Lipinski definition) is 3. The number of aliphatic hydroxyl groups excluding tert-OH is 2. The molecule has 2 aromatic rings. The van der Waals surface area contributed by atoms with Gasteiger partial charge < -0.3 is 20.1 Å². The van der Waals surface area contributed by atoms with Crippen molar-refractivity contribution in [2.45, 2.75) is 44.4 Å². The Kier molecular flexibility index (Phi) is 4.19. The van der Waals surface area contributed by atoms with E-state index in [9.17, 15) is 15.0 Å². The number of nitrogens with zero attached hydrogens (tertiary/aromatic N) is 1. The molecule has 1 aromatic heterocycles. The summed E-state index contributed by atoms with van der Waals surface area (Å²) in [5, 5.41) is 26.8. The molecule has 122 valence electrons. The molecule has 0 aliphatic heterocycles. The molecule has 1 aromatic carbocycles. The third-order valence-corrected chi connectivity index (χ3v) is 4.44. The molecule has 0 bridgehead atoms. The number of aliphatic hydroxyl groups is 2. The zero-order valence-corrected chi connectivity index (χ0v) is 13.1. The highest BCUT2D eigenvalue weighted by Gasteiger charge is 2.43. The SMILES string of the molecule is Cc1cc(C(=O)N[C@H]2[C@H](O)[C@H](O)C[C@@H]2c2ccccc2C)no1. The number of hydrogen-bond acceptors (Lipinski definition) is 5. The van der Waals surface area contributed by atoms with Crippen LogP contribution >= 0.6 is 0 Å². The van der Waals surface area contributed by atoms with Gasteiger partial charge in [0.05, 0.1) is 12.1 Å². The normalized spacial score (nSPS) is 27.1. The number of rotatable bonds is 3. The first-order valence-corrected chi connectivity index (χ1v) is 7.63. The first-order valence-electron chi connectivity index (χ1n) is 7.63. The molecule has 3 N–H and O–H groups in total. The average Bonchev–Trinajstić information content (AvgIpc) is 3.07. The minimum Gasteiger partial charge on any atom is -0.390 e. The van der Waals surface area contributed by atoms with Gasteiger partial charge in [0.1, 0.15) is 11.9 Å². The number of amides is 1. The molecular weight excluding hydrogens is 296 g/mol. The molecule has 0 spiro atoms. The standard InChI is InChI=1S/C17H20N2O4/c1-9-5-3-4-6-11(9)12-8-14(20)16(21)15(12)18-17(22)13-7-10(2)23-19-13/h3-7,12,14-16,20-21H,8H2,1-2H3,(H,18,22)/t12-,14-,15-,16-/m1/s1. The van der Waals surface area contributed by atoms with E-state index in [1.54, 1.807) is 6.92 Å². The number of aromatic nitrogens is 1. The van der Waals surface area contributed by atoms with Crippen LogP contribution in [0.2, 0.25) is 0 Å². The number of nitrogens with one attached hydrogen (secondary N) is 1. The fourth-order valence-corrected chi connectivity index (χ4v) is 3.23. The van der Waals surface area contributed by atoms with Gasteiger partial charge in [-0.1, -0.05) is 29.4 Å². The first kappa shape index (κ1) is 15.7. The van der Waals surface area contributed by atoms with Gasteiger partial charge in [-0.05, 0) is 31.4 Å². The molecule has 6 nitrogen and oxygen atoms in total. The van der Waals surface area contributed by atoms with Gasteiger partial charge in [-0.3, -0.25) is 4.79 Å². The van der Waals surface area contributed by atoms with Crippen LogP contribution in [0, 0.1) is 13.8 Å². The number of aryl methyl sites for hydroxylation is 2. The summed E-state index contributed by atoms with van der Waals surface area (Å²) in [4.78, 5) is 12.3. The van der Waals surface area contributed by atoms with E-state index in [0.29, 0.717) is 12.2 Å². The van der Waals surface area contributed by atoms with Crippen LogP contribution in [0.15, 0.2) is 34.9 Å². The smallest absolute Gasteiger partial charge is 0.273 e. The summed E-state index contributed by atoms with van der Waals surface area (Å²) in [6.07, 6.45) is -1.49. The number of carbonyl (C=O) groups excluding carboxylic acids is 1. The average molecular weight is 316 g/mol. The summed E-state index contributed by atoms with van der Waals surface area (Å²) >= 11 is 0. The first-order chi connectivity index (χ1) is 11.0. The second kappa shape index (κ2) is 6.14. The van der Waals surface area contributed by atoms with Gasteiger partial charge >= 0.3 is 0 Å². The summed E-state index contributed by atoms with van der Waals surface area (Å²) in [6.45, 7) is 3.68. The largest absolute Gasteiger partial charge is 0.390 e. The Labute approximate surface area is 134 Å². The summed E-state index contributed by atoms with van der Waals surface area (Å²) < 4.78 is 4.91. The molecule has 0 saturated heterocycles. The molecule has 3 rings (SSSR count). The number of carbonyl (C=O) groups is 1. The summed E-state index contributed by atoms with van der Waals surface area (Å²) in [5.41, 5.74) is 2.25. The zero-order chi connectivity index (χ0) is 16.6. The second-order valence-corrected chi connectivity index (χ2v) is 6.08. The summed E-state index contributed by atoms with van der Waals surface area (Å²) in [6, 6.07) is 8.76. The van der Waals surface area contributed by atoms with Crippen molar-refractivity contribution < 1.29 is 19.5 Å². The van der Waals surface area contributed by atoms with E-state index in [2.05, 4.69) is 10.5 Å². The van der Waals surface area contributed by atoms with Crippen LogP contribution in [0.1, 0.15) is 39.7 Å². The van der Waals surface area contributed by atoms with Gasteiger partial charge in [-0.25, -0.2) is 0 Å². The van der Waals surface area contributed by atoms with Crippen molar-refractivity contribution >= 4 is 5.91 Å². The quantitative estimate of drug-likeness (QED) is 0.793. The lowest BCUT2D eigenvalue weighted by Gasteiger charge is -2.24. The van der Waals surface area contributed by atoms with Gasteiger partial charge in [0, 0.05) is 12.0 Å². The third-order valence-electron chi connectivity index (χ3n) is 4.44.